The van der Waals surface area contributed by atoms with E-state index in [0.29, 0.717) is 22.8 Å². The third kappa shape index (κ3) is 3.91. The van der Waals surface area contributed by atoms with Crippen LogP contribution in [0, 0.1) is 6.92 Å². The summed E-state index contributed by atoms with van der Waals surface area (Å²) < 4.78 is 5.70. The van der Waals surface area contributed by atoms with E-state index in [4.69, 9.17) is 4.74 Å². The molecule has 5 nitrogen and oxygen atoms in total. The van der Waals surface area contributed by atoms with Crippen molar-refractivity contribution in [3.8, 4) is 11.5 Å². The Kier molecular flexibility index (Phi) is 4.29. The highest BCUT2D eigenvalue weighted by atomic mass is 16.5. The van der Waals surface area contributed by atoms with Crippen molar-refractivity contribution in [2.24, 2.45) is 0 Å². The maximum Gasteiger partial charge on any atom is 0.258 e. The third-order valence-corrected chi connectivity index (χ3v) is 3.13. The van der Waals surface area contributed by atoms with E-state index in [1.807, 2.05) is 30.3 Å². The Morgan fingerprint density at radius 3 is 2.17 bits per heavy atom. The first-order valence-corrected chi connectivity index (χ1v) is 7.14. The number of hydrogen-bond donors (Lipinski definition) is 1. The molecule has 0 fully saturated rings. The molecule has 1 N–H and O–H groups in total. The van der Waals surface area contributed by atoms with Gasteiger partial charge in [-0.05, 0) is 43.3 Å². The highest BCUT2D eigenvalue weighted by Gasteiger charge is 2.07. The fraction of sp³-hybridized carbons (Fsp3) is 0.0556. The predicted octanol–water partition coefficient (Wildman–Crippen LogP) is 3.83. The fourth-order valence-electron chi connectivity index (χ4n) is 1.94. The molecule has 23 heavy (non-hydrogen) atoms. The number of hydrogen-bond acceptors (Lipinski definition) is 4. The number of benzene rings is 2. The molecule has 2 aromatic carbocycles. The van der Waals surface area contributed by atoms with Crippen LogP contribution in [0.4, 0.5) is 5.69 Å². The zero-order chi connectivity index (χ0) is 16.1. The van der Waals surface area contributed by atoms with Gasteiger partial charge in [-0.2, -0.15) is 0 Å². The van der Waals surface area contributed by atoms with E-state index in [1.54, 1.807) is 31.2 Å². The van der Waals surface area contributed by atoms with E-state index < -0.39 is 0 Å². The van der Waals surface area contributed by atoms with E-state index >= 15 is 0 Å². The number of nitrogens with one attached hydrogen (secondary N) is 1. The first-order valence-electron chi connectivity index (χ1n) is 7.14. The van der Waals surface area contributed by atoms with Crippen LogP contribution in [0.15, 0.2) is 67.0 Å². The summed E-state index contributed by atoms with van der Waals surface area (Å²) in [6, 6.07) is 16.7. The molecule has 5 heteroatoms. The first-order chi connectivity index (χ1) is 11.2. The molecule has 3 rings (SSSR count). The minimum atomic E-state index is -0.248. The van der Waals surface area contributed by atoms with Crippen LogP contribution in [-0.4, -0.2) is 15.9 Å². The second-order valence-electron chi connectivity index (χ2n) is 4.91. The van der Waals surface area contributed by atoms with Gasteiger partial charge in [-0.25, -0.2) is 9.97 Å². The Hall–Kier alpha value is -3.21. The van der Waals surface area contributed by atoms with Crippen LogP contribution >= 0.6 is 0 Å². The zero-order valence-electron chi connectivity index (χ0n) is 12.6. The van der Waals surface area contributed by atoms with Gasteiger partial charge in [0.25, 0.3) is 5.91 Å². The molecule has 0 bridgehead atoms. The highest BCUT2D eigenvalue weighted by molar-refractivity contribution is 6.03. The minimum Gasteiger partial charge on any atom is -0.457 e. The molecule has 1 aromatic heterocycles. The summed E-state index contributed by atoms with van der Waals surface area (Å²) in [7, 11) is 0. The minimum absolute atomic E-state index is 0.248. The monoisotopic (exact) mass is 305 g/mol. The number of aryl methyl sites for hydroxylation is 1. The van der Waals surface area contributed by atoms with Crippen molar-refractivity contribution in [2.45, 2.75) is 6.92 Å². The molecular formula is C18H15N3O2. The molecule has 0 aliphatic heterocycles. The topological polar surface area (TPSA) is 64.1 Å². The molecule has 0 spiro atoms. The average Bonchev–Trinajstić information content (AvgIpc) is 2.58. The molecule has 0 saturated heterocycles. The average molecular weight is 305 g/mol. The van der Waals surface area contributed by atoms with Crippen molar-refractivity contribution < 1.29 is 9.53 Å². The molecule has 1 heterocycles. The second-order valence-corrected chi connectivity index (χ2v) is 4.91. The van der Waals surface area contributed by atoms with Gasteiger partial charge in [0.15, 0.2) is 0 Å². The van der Waals surface area contributed by atoms with Gasteiger partial charge in [-0.15, -0.1) is 0 Å². The number of ether oxygens (including phenoxy) is 1. The summed E-state index contributed by atoms with van der Waals surface area (Å²) in [5.74, 6) is 1.85. The van der Waals surface area contributed by atoms with Crippen LogP contribution in [0.3, 0.4) is 0 Å². The smallest absolute Gasteiger partial charge is 0.258 e. The lowest BCUT2D eigenvalue weighted by Gasteiger charge is -2.08. The number of carbonyl (C=O) groups excluding carboxylic acids is 1. The maximum atomic E-state index is 12.1. The van der Waals surface area contributed by atoms with Gasteiger partial charge in [0.2, 0.25) is 0 Å². The number of rotatable bonds is 4. The SMILES string of the molecule is Cc1ncc(C(=O)Nc2ccc(Oc3ccccc3)cc2)cn1. The van der Waals surface area contributed by atoms with Gasteiger partial charge in [0, 0.05) is 18.1 Å². The van der Waals surface area contributed by atoms with Gasteiger partial charge < -0.3 is 10.1 Å². The van der Waals surface area contributed by atoms with Gasteiger partial charge in [-0.1, -0.05) is 18.2 Å². The number of nitrogens with zero attached hydrogens (tertiary/aromatic N) is 2. The van der Waals surface area contributed by atoms with E-state index in [-0.39, 0.29) is 5.91 Å². The molecule has 0 radical (unpaired) electrons. The number of carbonyl (C=O) groups is 1. The number of para-hydroxylation sites is 1. The van der Waals surface area contributed by atoms with Crippen LogP contribution in [0.2, 0.25) is 0 Å². The van der Waals surface area contributed by atoms with Gasteiger partial charge in [0.1, 0.15) is 17.3 Å². The molecule has 0 aliphatic carbocycles. The Morgan fingerprint density at radius 1 is 0.913 bits per heavy atom. The standard InChI is InChI=1S/C18H15N3O2/c1-13-19-11-14(12-20-13)18(22)21-15-7-9-17(10-8-15)23-16-5-3-2-4-6-16/h2-12H,1H3,(H,21,22). The molecule has 0 atom stereocenters. The van der Waals surface area contributed by atoms with Crippen LogP contribution in [0.5, 0.6) is 11.5 Å². The third-order valence-electron chi connectivity index (χ3n) is 3.13. The number of amides is 1. The van der Waals surface area contributed by atoms with Crippen molar-refractivity contribution in [3.05, 3.63) is 78.4 Å². The largest absolute Gasteiger partial charge is 0.457 e. The normalized spacial score (nSPS) is 10.1. The quantitative estimate of drug-likeness (QED) is 0.795. The van der Waals surface area contributed by atoms with Crippen molar-refractivity contribution in [1.82, 2.24) is 9.97 Å². The lowest BCUT2D eigenvalue weighted by molar-refractivity contribution is 0.102. The van der Waals surface area contributed by atoms with Gasteiger partial charge in [-0.3, -0.25) is 4.79 Å². The maximum absolute atomic E-state index is 12.1. The number of anilines is 1. The molecule has 0 saturated carbocycles. The van der Waals surface area contributed by atoms with Crippen LogP contribution in [-0.2, 0) is 0 Å². The fourth-order valence-corrected chi connectivity index (χ4v) is 1.94. The van der Waals surface area contributed by atoms with E-state index in [0.717, 1.165) is 5.75 Å². The Balaban J connectivity index is 1.65. The van der Waals surface area contributed by atoms with E-state index in [2.05, 4.69) is 15.3 Å². The molecule has 0 aliphatic rings. The molecule has 0 unspecified atom stereocenters. The number of aromatic nitrogens is 2. The van der Waals surface area contributed by atoms with Crippen molar-refractivity contribution >= 4 is 11.6 Å². The summed E-state index contributed by atoms with van der Waals surface area (Å²) in [6.45, 7) is 1.77. The van der Waals surface area contributed by atoms with Crippen LogP contribution in [0.1, 0.15) is 16.2 Å². The summed E-state index contributed by atoms with van der Waals surface area (Å²) in [4.78, 5) is 20.1. The van der Waals surface area contributed by atoms with Gasteiger partial charge >= 0.3 is 0 Å². The van der Waals surface area contributed by atoms with Crippen molar-refractivity contribution in [2.75, 3.05) is 5.32 Å². The lowest BCUT2D eigenvalue weighted by atomic mass is 10.2. The summed E-state index contributed by atoms with van der Waals surface area (Å²) in [5.41, 5.74) is 1.09. The van der Waals surface area contributed by atoms with Crippen LogP contribution in [0.25, 0.3) is 0 Å². The van der Waals surface area contributed by atoms with Gasteiger partial charge in [0.05, 0.1) is 5.56 Å². The zero-order valence-corrected chi connectivity index (χ0v) is 12.6. The van der Waals surface area contributed by atoms with Crippen molar-refractivity contribution in [3.63, 3.8) is 0 Å². The first kappa shape index (κ1) is 14.7. The van der Waals surface area contributed by atoms with E-state index in [9.17, 15) is 4.79 Å². The molecule has 3 aromatic rings. The molecule has 114 valence electrons. The lowest BCUT2D eigenvalue weighted by Crippen LogP contribution is -2.12. The Morgan fingerprint density at radius 2 is 1.52 bits per heavy atom. The van der Waals surface area contributed by atoms with Crippen LogP contribution < -0.4 is 10.1 Å². The molecular weight excluding hydrogens is 290 g/mol. The van der Waals surface area contributed by atoms with E-state index in [1.165, 1.54) is 12.4 Å². The summed E-state index contributed by atoms with van der Waals surface area (Å²) in [6.07, 6.45) is 3.01. The molecule has 1 amide bonds. The summed E-state index contributed by atoms with van der Waals surface area (Å²) >= 11 is 0. The highest BCUT2D eigenvalue weighted by Crippen LogP contribution is 2.22. The van der Waals surface area contributed by atoms with Crippen molar-refractivity contribution in [1.29, 1.82) is 0 Å². The Bertz CT molecular complexity index is 785. The Labute approximate surface area is 134 Å². The second kappa shape index (κ2) is 6.70. The predicted molar refractivity (Wildman–Crippen MR) is 87.7 cm³/mol. The summed E-state index contributed by atoms with van der Waals surface area (Å²) in [5, 5.41) is 2.79.